The van der Waals surface area contributed by atoms with E-state index in [1.165, 1.54) is 19.2 Å². The van der Waals surface area contributed by atoms with E-state index in [2.05, 4.69) is 0 Å². The minimum Gasteiger partial charge on any atom is -0.227 e. The third kappa shape index (κ3) is 1.04. The van der Waals surface area contributed by atoms with Crippen LogP contribution in [0.25, 0.3) is 0 Å². The van der Waals surface area contributed by atoms with Crippen molar-refractivity contribution in [3.05, 3.63) is 35.4 Å². The maximum absolute atomic E-state index is 12.0. The highest BCUT2D eigenvalue weighted by Gasteiger charge is 2.60. The van der Waals surface area contributed by atoms with E-state index in [0.717, 1.165) is 6.92 Å². The maximum Gasteiger partial charge on any atom is 0.394 e. The van der Waals surface area contributed by atoms with Crippen molar-refractivity contribution in [3.63, 3.8) is 0 Å². The van der Waals surface area contributed by atoms with Gasteiger partial charge < -0.3 is 0 Å². The van der Waals surface area contributed by atoms with Crippen molar-refractivity contribution >= 4 is 17.7 Å². The van der Waals surface area contributed by atoms with E-state index in [0.29, 0.717) is 0 Å². The summed E-state index contributed by atoms with van der Waals surface area (Å²) in [6.07, 6.45) is 0. The lowest BCUT2D eigenvalue weighted by molar-refractivity contribution is -0.900. The van der Waals surface area contributed by atoms with Crippen molar-refractivity contribution in [1.82, 2.24) is 0 Å². The molecule has 3 amide bonds. The van der Waals surface area contributed by atoms with E-state index in [9.17, 15) is 14.4 Å². The van der Waals surface area contributed by atoms with Gasteiger partial charge in [0.1, 0.15) is 11.1 Å². The van der Waals surface area contributed by atoms with Crippen molar-refractivity contribution in [2.24, 2.45) is 0 Å². The molecular weight excluding hydrogens is 210 g/mol. The highest BCUT2D eigenvalue weighted by Crippen LogP contribution is 2.30. The molecule has 0 radical (unpaired) electrons. The Morgan fingerprint density at radius 2 is 1.56 bits per heavy atom. The molecule has 0 fully saturated rings. The summed E-state index contributed by atoms with van der Waals surface area (Å²) in [5.74, 6) is -1.90. The first-order valence-corrected chi connectivity index (χ1v) is 4.70. The number of imide groups is 3. The topological polar surface area (TPSA) is 60.4 Å². The molecule has 0 unspecified atom stereocenters. The van der Waals surface area contributed by atoms with Gasteiger partial charge in [-0.1, -0.05) is 12.1 Å². The first-order chi connectivity index (χ1) is 7.55. The Morgan fingerprint density at radius 3 is 1.88 bits per heavy atom. The number of carbonyl (C=O) groups excluding carboxylic acids is 3. The Labute approximate surface area is 91.8 Å². The van der Waals surface area contributed by atoms with Crippen LogP contribution in [-0.4, -0.2) is 29.5 Å². The molecule has 5 heteroatoms. The zero-order valence-electron chi connectivity index (χ0n) is 8.89. The molecule has 0 aliphatic carbocycles. The fraction of sp³-hybridized carbons (Fsp3) is 0.182. The van der Waals surface area contributed by atoms with Crippen LogP contribution in [0.3, 0.4) is 0 Å². The third-order valence-corrected chi connectivity index (χ3v) is 2.68. The van der Waals surface area contributed by atoms with Crippen LogP contribution in [0.4, 0.5) is 0 Å². The SMILES string of the molecule is CO[N+]1(C(C)=O)C(=O)c2ccccc2C1=O. The lowest BCUT2D eigenvalue weighted by Gasteiger charge is -2.18. The van der Waals surface area contributed by atoms with E-state index >= 15 is 0 Å². The zero-order valence-corrected chi connectivity index (χ0v) is 8.89. The average Bonchev–Trinajstić information content (AvgIpc) is 2.50. The molecule has 1 aromatic carbocycles. The number of fused-ring (bicyclic) bond motifs is 1. The Kier molecular flexibility index (Phi) is 2.22. The zero-order chi connectivity index (χ0) is 11.9. The monoisotopic (exact) mass is 220 g/mol. The van der Waals surface area contributed by atoms with Crippen molar-refractivity contribution in [3.8, 4) is 0 Å². The van der Waals surface area contributed by atoms with Gasteiger partial charge >= 0.3 is 17.7 Å². The average molecular weight is 220 g/mol. The standard InChI is InChI=1S/C11H10NO4/c1-7(13)12(16-2)10(14)8-5-3-4-6-9(8)11(12)15/h3-6H,1-2H3/q+1. The Morgan fingerprint density at radius 1 is 1.12 bits per heavy atom. The molecule has 1 aliphatic heterocycles. The van der Waals surface area contributed by atoms with Crippen LogP contribution in [0.2, 0.25) is 0 Å². The van der Waals surface area contributed by atoms with Gasteiger partial charge in [-0.05, 0) is 12.1 Å². The molecule has 1 aromatic rings. The lowest BCUT2D eigenvalue weighted by atomic mass is 10.1. The van der Waals surface area contributed by atoms with Gasteiger partial charge in [0.2, 0.25) is 0 Å². The lowest BCUT2D eigenvalue weighted by Crippen LogP contribution is -2.55. The molecule has 1 heterocycles. The van der Waals surface area contributed by atoms with Crippen molar-refractivity contribution < 1.29 is 23.9 Å². The van der Waals surface area contributed by atoms with Gasteiger partial charge in [-0.3, -0.25) is 0 Å². The van der Waals surface area contributed by atoms with E-state index in [4.69, 9.17) is 4.84 Å². The molecule has 5 nitrogen and oxygen atoms in total. The number of nitrogens with zero attached hydrogens (tertiary/aromatic N) is 1. The van der Waals surface area contributed by atoms with E-state index in [1.807, 2.05) is 0 Å². The molecule has 0 saturated carbocycles. The highest BCUT2D eigenvalue weighted by atomic mass is 16.7. The van der Waals surface area contributed by atoms with Gasteiger partial charge in [0, 0.05) is 4.65 Å². The largest absolute Gasteiger partial charge is 0.394 e. The second-order valence-electron chi connectivity index (χ2n) is 3.47. The van der Waals surface area contributed by atoms with Crippen LogP contribution in [0, 0.1) is 0 Å². The number of amides is 3. The molecular formula is C11H10NO4+. The van der Waals surface area contributed by atoms with Crippen LogP contribution in [0.1, 0.15) is 27.6 Å². The second kappa shape index (κ2) is 3.33. The van der Waals surface area contributed by atoms with E-state index in [1.54, 1.807) is 12.1 Å². The molecule has 0 spiro atoms. The first-order valence-electron chi connectivity index (χ1n) is 4.70. The van der Waals surface area contributed by atoms with Crippen LogP contribution in [0.15, 0.2) is 24.3 Å². The predicted molar refractivity (Wildman–Crippen MR) is 53.1 cm³/mol. The summed E-state index contributed by atoms with van der Waals surface area (Å²) in [6, 6.07) is 6.30. The molecule has 0 bridgehead atoms. The van der Waals surface area contributed by atoms with Gasteiger partial charge in [0.05, 0.1) is 14.0 Å². The van der Waals surface area contributed by atoms with Gasteiger partial charge in [0.15, 0.2) is 0 Å². The van der Waals surface area contributed by atoms with Crippen LogP contribution in [0.5, 0.6) is 0 Å². The Balaban J connectivity index is 2.70. The summed E-state index contributed by atoms with van der Waals surface area (Å²) in [5.41, 5.74) is 0.453. The number of rotatable bonds is 1. The fourth-order valence-corrected chi connectivity index (χ4v) is 1.87. The minimum absolute atomic E-state index is 0.226. The first kappa shape index (κ1) is 10.7. The smallest absolute Gasteiger partial charge is 0.227 e. The van der Waals surface area contributed by atoms with E-state index < -0.39 is 22.4 Å². The molecule has 0 N–H and O–H groups in total. The van der Waals surface area contributed by atoms with Gasteiger partial charge in [0.25, 0.3) is 0 Å². The van der Waals surface area contributed by atoms with Crippen LogP contribution in [-0.2, 0) is 9.63 Å². The van der Waals surface area contributed by atoms with Crippen LogP contribution < -0.4 is 0 Å². The second-order valence-corrected chi connectivity index (χ2v) is 3.47. The number of carbonyl (C=O) groups is 3. The van der Waals surface area contributed by atoms with Crippen LogP contribution >= 0.6 is 0 Å². The van der Waals surface area contributed by atoms with Crippen molar-refractivity contribution in [1.29, 1.82) is 0 Å². The fourth-order valence-electron chi connectivity index (χ4n) is 1.87. The van der Waals surface area contributed by atoms with Crippen molar-refractivity contribution in [2.75, 3.05) is 7.11 Å². The quantitative estimate of drug-likeness (QED) is 0.521. The summed E-state index contributed by atoms with van der Waals surface area (Å²) in [5, 5.41) is 0. The molecule has 82 valence electrons. The summed E-state index contributed by atoms with van der Waals surface area (Å²) in [4.78, 5) is 40.4. The number of quaternary nitrogens is 1. The normalized spacial score (nSPS) is 17.4. The Hall–Kier alpha value is -1.85. The molecule has 0 atom stereocenters. The molecule has 16 heavy (non-hydrogen) atoms. The number of hydrogen-bond acceptors (Lipinski definition) is 4. The summed E-state index contributed by atoms with van der Waals surface area (Å²) in [6.45, 7) is 1.16. The predicted octanol–water partition coefficient (Wildman–Crippen LogP) is 0.905. The highest BCUT2D eigenvalue weighted by molar-refractivity contribution is 6.18. The van der Waals surface area contributed by atoms with Gasteiger partial charge in [-0.2, -0.15) is 4.84 Å². The molecule has 0 aromatic heterocycles. The summed E-state index contributed by atoms with van der Waals surface area (Å²) < 4.78 is -1.21. The summed E-state index contributed by atoms with van der Waals surface area (Å²) >= 11 is 0. The number of hydrogen-bond donors (Lipinski definition) is 0. The number of benzene rings is 1. The van der Waals surface area contributed by atoms with Gasteiger partial charge in [-0.25, -0.2) is 14.4 Å². The minimum atomic E-state index is -1.21. The van der Waals surface area contributed by atoms with Crippen molar-refractivity contribution in [2.45, 2.75) is 6.92 Å². The molecule has 2 rings (SSSR count). The molecule has 1 aliphatic rings. The van der Waals surface area contributed by atoms with E-state index in [-0.39, 0.29) is 11.1 Å². The number of hydroxylamine groups is 3. The van der Waals surface area contributed by atoms with Gasteiger partial charge in [-0.15, -0.1) is 0 Å². The summed E-state index contributed by atoms with van der Waals surface area (Å²) in [7, 11) is 1.17. The maximum atomic E-state index is 12.0. The molecule has 0 saturated heterocycles. The Bertz CT molecular complexity index is 471. The third-order valence-electron chi connectivity index (χ3n) is 2.68.